The highest BCUT2D eigenvalue weighted by molar-refractivity contribution is 6.62. The first kappa shape index (κ1) is 16.8. The van der Waals surface area contributed by atoms with Gasteiger partial charge in [-0.2, -0.15) is 0 Å². The summed E-state index contributed by atoms with van der Waals surface area (Å²) in [5, 5.41) is 0. The first-order valence-electron chi connectivity index (χ1n) is 8.54. The number of likely N-dealkylation sites (tertiary alicyclic amines) is 1. The molecule has 1 aromatic carbocycles. The van der Waals surface area contributed by atoms with Gasteiger partial charge in [0.1, 0.15) is 5.75 Å². The second kappa shape index (κ2) is 6.12. The van der Waals surface area contributed by atoms with E-state index < -0.39 is 0 Å². The molecule has 0 aliphatic carbocycles. The Balaban J connectivity index is 1.57. The second-order valence-corrected chi connectivity index (χ2v) is 7.89. The minimum atomic E-state index is -0.308. The molecule has 2 heterocycles. The molecule has 126 valence electrons. The lowest BCUT2D eigenvalue weighted by Gasteiger charge is -2.32. The molecular formula is C18H28BNO3. The minimum absolute atomic E-state index is 0.304. The maximum atomic E-state index is 6.07. The van der Waals surface area contributed by atoms with Crippen LogP contribution < -0.4 is 10.2 Å². The molecule has 0 amide bonds. The highest BCUT2D eigenvalue weighted by Crippen LogP contribution is 2.36. The van der Waals surface area contributed by atoms with Gasteiger partial charge < -0.3 is 18.9 Å². The van der Waals surface area contributed by atoms with Crippen molar-refractivity contribution in [3.05, 3.63) is 24.3 Å². The number of ether oxygens (including phenoxy) is 1. The summed E-state index contributed by atoms with van der Waals surface area (Å²) in [4.78, 5) is 2.36. The first-order chi connectivity index (χ1) is 10.8. The summed E-state index contributed by atoms with van der Waals surface area (Å²) in [6.45, 7) is 11.4. The van der Waals surface area contributed by atoms with E-state index in [9.17, 15) is 0 Å². The predicted octanol–water partition coefficient (Wildman–Crippen LogP) is 2.32. The highest BCUT2D eigenvalue weighted by atomic mass is 16.7. The van der Waals surface area contributed by atoms with Crippen LogP contribution in [0.2, 0.25) is 0 Å². The van der Waals surface area contributed by atoms with Gasteiger partial charge in [0.25, 0.3) is 0 Å². The summed E-state index contributed by atoms with van der Waals surface area (Å²) in [6, 6.07) is 8.11. The van der Waals surface area contributed by atoms with Crippen LogP contribution >= 0.6 is 0 Å². The van der Waals surface area contributed by atoms with E-state index in [-0.39, 0.29) is 18.3 Å². The lowest BCUT2D eigenvalue weighted by Crippen LogP contribution is -2.41. The molecule has 0 radical (unpaired) electrons. The Kier molecular flexibility index (Phi) is 4.47. The van der Waals surface area contributed by atoms with Crippen molar-refractivity contribution in [2.75, 3.05) is 26.7 Å². The third kappa shape index (κ3) is 3.57. The normalized spacial score (nSPS) is 26.7. The molecule has 1 aromatic rings. The largest absolute Gasteiger partial charge is 0.494 e. The van der Waals surface area contributed by atoms with Crippen LogP contribution in [0.5, 0.6) is 5.75 Å². The molecule has 0 spiro atoms. The fraction of sp³-hybridized carbons (Fsp3) is 0.667. The molecule has 0 aromatic heterocycles. The van der Waals surface area contributed by atoms with Crippen LogP contribution in [0.4, 0.5) is 0 Å². The molecule has 0 saturated carbocycles. The lowest BCUT2D eigenvalue weighted by atomic mass is 9.79. The Labute approximate surface area is 140 Å². The van der Waals surface area contributed by atoms with Gasteiger partial charge in [-0.3, -0.25) is 0 Å². The van der Waals surface area contributed by atoms with E-state index in [1.807, 2.05) is 24.3 Å². The molecule has 0 N–H and O–H groups in total. The van der Waals surface area contributed by atoms with Gasteiger partial charge in [0.15, 0.2) is 0 Å². The Bertz CT molecular complexity index is 528. The Hall–Kier alpha value is -1.04. The van der Waals surface area contributed by atoms with Gasteiger partial charge in [0.05, 0.1) is 17.8 Å². The van der Waals surface area contributed by atoms with Crippen molar-refractivity contribution >= 4 is 12.6 Å². The summed E-state index contributed by atoms with van der Waals surface area (Å²) in [6.07, 6.45) is 1.22. The van der Waals surface area contributed by atoms with E-state index in [0.717, 1.165) is 24.4 Å². The van der Waals surface area contributed by atoms with Crippen LogP contribution in [0.3, 0.4) is 0 Å². The van der Waals surface area contributed by atoms with E-state index >= 15 is 0 Å². The third-order valence-corrected chi connectivity index (χ3v) is 5.38. The maximum Gasteiger partial charge on any atom is 0.494 e. The zero-order valence-corrected chi connectivity index (χ0v) is 15.0. The fourth-order valence-corrected chi connectivity index (χ4v) is 3.08. The summed E-state index contributed by atoms with van der Waals surface area (Å²) < 4.78 is 18.1. The summed E-state index contributed by atoms with van der Waals surface area (Å²) >= 11 is 0. The summed E-state index contributed by atoms with van der Waals surface area (Å²) in [5.41, 5.74) is 0.430. The molecule has 23 heavy (non-hydrogen) atoms. The van der Waals surface area contributed by atoms with Gasteiger partial charge in [-0.05, 0) is 65.3 Å². The average Bonchev–Trinajstić information content (AvgIpc) is 2.98. The van der Waals surface area contributed by atoms with Crippen LogP contribution in [-0.4, -0.2) is 50.0 Å². The summed E-state index contributed by atoms with van der Waals surface area (Å²) in [7, 11) is 1.86. The third-order valence-electron chi connectivity index (χ3n) is 5.38. The number of hydrogen-bond donors (Lipinski definition) is 0. The van der Waals surface area contributed by atoms with E-state index in [1.54, 1.807) is 0 Å². The second-order valence-electron chi connectivity index (χ2n) is 7.89. The molecule has 1 atom stereocenters. The number of nitrogens with zero attached hydrogens (tertiary/aromatic N) is 1. The molecule has 3 rings (SSSR count). The Morgan fingerprint density at radius 2 is 1.74 bits per heavy atom. The van der Waals surface area contributed by atoms with Crippen molar-refractivity contribution < 1.29 is 14.0 Å². The predicted molar refractivity (Wildman–Crippen MR) is 93.3 cm³/mol. The van der Waals surface area contributed by atoms with Crippen LogP contribution in [0.1, 0.15) is 34.1 Å². The van der Waals surface area contributed by atoms with Gasteiger partial charge in [-0.15, -0.1) is 0 Å². The van der Waals surface area contributed by atoms with Crippen molar-refractivity contribution in [1.82, 2.24) is 4.90 Å². The van der Waals surface area contributed by atoms with Crippen molar-refractivity contribution in [2.24, 2.45) is 5.92 Å². The quantitative estimate of drug-likeness (QED) is 0.798. The zero-order valence-electron chi connectivity index (χ0n) is 15.0. The van der Waals surface area contributed by atoms with E-state index in [1.165, 1.54) is 13.0 Å². The molecule has 0 bridgehead atoms. The van der Waals surface area contributed by atoms with Gasteiger partial charge in [0, 0.05) is 12.5 Å². The van der Waals surface area contributed by atoms with Gasteiger partial charge in [-0.1, -0.05) is 12.1 Å². The summed E-state index contributed by atoms with van der Waals surface area (Å²) in [5.74, 6) is 1.56. The molecule has 4 nitrogen and oxygen atoms in total. The first-order valence-corrected chi connectivity index (χ1v) is 8.54. The number of benzene rings is 1. The monoisotopic (exact) mass is 317 g/mol. The molecule has 2 aliphatic rings. The number of hydrogen-bond acceptors (Lipinski definition) is 4. The van der Waals surface area contributed by atoms with Gasteiger partial charge in [-0.25, -0.2) is 0 Å². The molecule has 5 heteroatoms. The van der Waals surface area contributed by atoms with E-state index in [4.69, 9.17) is 14.0 Å². The van der Waals surface area contributed by atoms with Gasteiger partial charge in [0.2, 0.25) is 0 Å². The van der Waals surface area contributed by atoms with E-state index in [0.29, 0.717) is 5.92 Å². The maximum absolute atomic E-state index is 6.07. The van der Waals surface area contributed by atoms with E-state index in [2.05, 4.69) is 39.6 Å². The minimum Gasteiger partial charge on any atom is -0.493 e. The van der Waals surface area contributed by atoms with Crippen molar-refractivity contribution in [2.45, 2.75) is 45.3 Å². The fourth-order valence-electron chi connectivity index (χ4n) is 3.08. The van der Waals surface area contributed by atoms with Crippen LogP contribution in [0.25, 0.3) is 0 Å². The van der Waals surface area contributed by atoms with Crippen LogP contribution in [-0.2, 0) is 9.31 Å². The van der Waals surface area contributed by atoms with Gasteiger partial charge >= 0.3 is 7.12 Å². The van der Waals surface area contributed by atoms with Crippen molar-refractivity contribution in [1.29, 1.82) is 0 Å². The molecular weight excluding hydrogens is 289 g/mol. The Morgan fingerprint density at radius 1 is 1.13 bits per heavy atom. The topological polar surface area (TPSA) is 30.9 Å². The SMILES string of the molecule is CN1CCC(COc2ccc(B3OC(C)(C)C(C)(C)O3)cc2)C1. The van der Waals surface area contributed by atoms with Crippen LogP contribution in [0.15, 0.2) is 24.3 Å². The molecule has 2 aliphatic heterocycles. The smallest absolute Gasteiger partial charge is 0.493 e. The molecule has 1 unspecified atom stereocenters. The highest BCUT2D eigenvalue weighted by Gasteiger charge is 2.51. The standard InChI is InChI=1S/C18H28BNO3/c1-17(2)18(3,4)23-19(22-17)15-6-8-16(9-7-15)21-13-14-10-11-20(5)12-14/h6-9,14H,10-13H2,1-5H3. The average molecular weight is 317 g/mol. The molecule has 2 saturated heterocycles. The molecule has 2 fully saturated rings. The van der Waals surface area contributed by atoms with Crippen LogP contribution in [0, 0.1) is 5.92 Å². The lowest BCUT2D eigenvalue weighted by molar-refractivity contribution is 0.00578. The number of rotatable bonds is 4. The Morgan fingerprint density at radius 3 is 2.26 bits per heavy atom. The van der Waals surface area contributed by atoms with Crippen molar-refractivity contribution in [3.8, 4) is 5.75 Å². The zero-order chi connectivity index (χ0) is 16.7. The van der Waals surface area contributed by atoms with Crippen molar-refractivity contribution in [3.63, 3.8) is 0 Å².